The highest BCUT2D eigenvalue weighted by molar-refractivity contribution is 5.76. The predicted molar refractivity (Wildman–Crippen MR) is 66.5 cm³/mol. The monoisotopic (exact) mass is 269 g/mol. The smallest absolute Gasteiger partial charge is 0.222 e. The van der Waals surface area contributed by atoms with E-state index in [2.05, 4.69) is 0 Å². The number of likely N-dealkylation sites (tertiary alicyclic amines) is 1. The van der Waals surface area contributed by atoms with Gasteiger partial charge in [0, 0.05) is 19.5 Å². The van der Waals surface area contributed by atoms with E-state index in [1.807, 2.05) is 0 Å². The summed E-state index contributed by atoms with van der Waals surface area (Å²) in [7, 11) is 0. The van der Waals surface area contributed by atoms with Crippen molar-refractivity contribution in [3.05, 3.63) is 35.4 Å². The first-order chi connectivity index (χ1) is 9.06. The van der Waals surface area contributed by atoms with Crippen LogP contribution in [0.15, 0.2) is 18.2 Å². The molecule has 0 bridgehead atoms. The van der Waals surface area contributed by atoms with Crippen LogP contribution in [0.25, 0.3) is 0 Å². The van der Waals surface area contributed by atoms with Crippen LogP contribution >= 0.6 is 0 Å². The number of carbonyl (C=O) groups excluding carboxylic acids is 1. The zero-order valence-electron chi connectivity index (χ0n) is 10.6. The van der Waals surface area contributed by atoms with Crippen molar-refractivity contribution in [1.29, 1.82) is 0 Å². The maximum absolute atomic E-state index is 13.0. The number of benzene rings is 1. The van der Waals surface area contributed by atoms with Crippen LogP contribution in [0.1, 0.15) is 24.8 Å². The topological polar surface area (TPSA) is 40.5 Å². The van der Waals surface area contributed by atoms with Crippen LogP contribution in [0.4, 0.5) is 8.78 Å². The Morgan fingerprint density at radius 3 is 2.84 bits per heavy atom. The highest BCUT2D eigenvalue weighted by Crippen LogP contribution is 2.14. The molecule has 0 radical (unpaired) electrons. The van der Waals surface area contributed by atoms with Crippen LogP contribution in [0, 0.1) is 11.6 Å². The van der Waals surface area contributed by atoms with E-state index >= 15 is 0 Å². The fraction of sp³-hybridized carbons (Fsp3) is 0.500. The zero-order chi connectivity index (χ0) is 13.8. The molecule has 1 aliphatic heterocycles. The van der Waals surface area contributed by atoms with Crippen LogP contribution in [0.3, 0.4) is 0 Å². The van der Waals surface area contributed by atoms with E-state index < -0.39 is 17.7 Å². The quantitative estimate of drug-likeness (QED) is 0.910. The van der Waals surface area contributed by atoms with Crippen molar-refractivity contribution in [1.82, 2.24) is 4.90 Å². The van der Waals surface area contributed by atoms with Crippen molar-refractivity contribution in [2.45, 2.75) is 31.8 Å². The van der Waals surface area contributed by atoms with Crippen LogP contribution in [0.5, 0.6) is 0 Å². The molecule has 1 aromatic rings. The molecule has 104 valence electrons. The third-order valence-electron chi connectivity index (χ3n) is 3.36. The number of aryl methyl sites for hydroxylation is 1. The van der Waals surface area contributed by atoms with Crippen LogP contribution in [0.2, 0.25) is 0 Å². The van der Waals surface area contributed by atoms with Crippen molar-refractivity contribution in [2.75, 3.05) is 13.1 Å². The second kappa shape index (κ2) is 6.10. The summed E-state index contributed by atoms with van der Waals surface area (Å²) in [6, 6.07) is 3.67. The first-order valence-electron chi connectivity index (χ1n) is 6.46. The zero-order valence-corrected chi connectivity index (χ0v) is 10.6. The lowest BCUT2D eigenvalue weighted by molar-refractivity contribution is -0.134. The number of hydrogen-bond acceptors (Lipinski definition) is 2. The molecule has 0 saturated carbocycles. The molecule has 1 heterocycles. The highest BCUT2D eigenvalue weighted by Gasteiger charge is 2.21. The lowest BCUT2D eigenvalue weighted by Crippen LogP contribution is -2.42. The number of hydrogen-bond donors (Lipinski definition) is 1. The van der Waals surface area contributed by atoms with E-state index in [9.17, 15) is 18.7 Å². The molecular weight excluding hydrogens is 252 g/mol. The summed E-state index contributed by atoms with van der Waals surface area (Å²) >= 11 is 0. The van der Waals surface area contributed by atoms with E-state index in [0.717, 1.165) is 25.0 Å². The summed E-state index contributed by atoms with van der Waals surface area (Å²) in [6.45, 7) is 1.03. The van der Waals surface area contributed by atoms with E-state index in [4.69, 9.17) is 0 Å². The number of amides is 1. The SMILES string of the molecule is O=C(CCc1ccc(F)c(F)c1)N1CCC[C@H](O)C1. The molecule has 0 aromatic heterocycles. The second-order valence-corrected chi connectivity index (χ2v) is 4.88. The molecule has 0 spiro atoms. The summed E-state index contributed by atoms with van der Waals surface area (Å²) in [5.74, 6) is -1.82. The summed E-state index contributed by atoms with van der Waals surface area (Å²) in [5, 5.41) is 9.50. The average Bonchev–Trinajstić information content (AvgIpc) is 2.40. The number of aliphatic hydroxyl groups excluding tert-OH is 1. The molecule has 0 unspecified atom stereocenters. The molecule has 3 nitrogen and oxygen atoms in total. The molecule has 1 saturated heterocycles. The molecule has 1 fully saturated rings. The Balaban J connectivity index is 1.87. The Bertz CT molecular complexity index is 465. The van der Waals surface area contributed by atoms with Gasteiger partial charge >= 0.3 is 0 Å². The van der Waals surface area contributed by atoms with E-state index in [-0.39, 0.29) is 12.3 Å². The average molecular weight is 269 g/mol. The third kappa shape index (κ3) is 3.73. The maximum Gasteiger partial charge on any atom is 0.222 e. The van der Waals surface area contributed by atoms with Gasteiger partial charge in [-0.3, -0.25) is 4.79 Å². The molecule has 1 N–H and O–H groups in total. The molecule has 0 aliphatic carbocycles. The Morgan fingerprint density at radius 2 is 2.16 bits per heavy atom. The van der Waals surface area contributed by atoms with Gasteiger partial charge in [0.05, 0.1) is 6.10 Å². The number of rotatable bonds is 3. The van der Waals surface area contributed by atoms with Crippen molar-refractivity contribution in [3.8, 4) is 0 Å². The molecule has 1 atom stereocenters. The summed E-state index contributed by atoms with van der Waals surface area (Å²) in [5.41, 5.74) is 0.602. The summed E-state index contributed by atoms with van der Waals surface area (Å²) in [4.78, 5) is 13.5. The van der Waals surface area contributed by atoms with Gasteiger partial charge in [0.15, 0.2) is 11.6 Å². The van der Waals surface area contributed by atoms with Gasteiger partial charge in [-0.2, -0.15) is 0 Å². The van der Waals surface area contributed by atoms with Gasteiger partial charge in [0.25, 0.3) is 0 Å². The number of nitrogens with zero attached hydrogens (tertiary/aromatic N) is 1. The van der Waals surface area contributed by atoms with E-state index in [1.165, 1.54) is 6.07 Å². The minimum absolute atomic E-state index is 0.0523. The van der Waals surface area contributed by atoms with E-state index in [0.29, 0.717) is 25.1 Å². The maximum atomic E-state index is 13.0. The lowest BCUT2D eigenvalue weighted by Gasteiger charge is -2.30. The largest absolute Gasteiger partial charge is 0.391 e. The van der Waals surface area contributed by atoms with Crippen molar-refractivity contribution in [3.63, 3.8) is 0 Å². The number of carbonyl (C=O) groups is 1. The molecule has 19 heavy (non-hydrogen) atoms. The molecular formula is C14H17F2NO2. The number of β-amino-alcohol motifs (C(OH)–C–C–N with tert-alkyl or cyclic N) is 1. The van der Waals surface area contributed by atoms with Crippen molar-refractivity contribution < 1.29 is 18.7 Å². The molecule has 5 heteroatoms. The van der Waals surface area contributed by atoms with Gasteiger partial charge in [-0.15, -0.1) is 0 Å². The number of aliphatic hydroxyl groups is 1. The van der Waals surface area contributed by atoms with Crippen LogP contribution < -0.4 is 0 Å². The van der Waals surface area contributed by atoms with Gasteiger partial charge in [0.2, 0.25) is 5.91 Å². The minimum Gasteiger partial charge on any atom is -0.391 e. The van der Waals surface area contributed by atoms with Gasteiger partial charge in [0.1, 0.15) is 0 Å². The Kier molecular flexibility index (Phi) is 4.47. The molecule has 2 rings (SSSR count). The number of piperidine rings is 1. The standard InChI is InChI=1S/C14H17F2NO2/c15-12-5-3-10(8-13(12)16)4-6-14(19)17-7-1-2-11(18)9-17/h3,5,8,11,18H,1-2,4,6-7,9H2/t11-/m0/s1. The summed E-state index contributed by atoms with van der Waals surface area (Å²) in [6.07, 6.45) is 1.71. The first kappa shape index (κ1) is 13.9. The Hall–Kier alpha value is -1.49. The first-order valence-corrected chi connectivity index (χ1v) is 6.46. The van der Waals surface area contributed by atoms with Crippen molar-refractivity contribution in [2.24, 2.45) is 0 Å². The highest BCUT2D eigenvalue weighted by atomic mass is 19.2. The van der Waals surface area contributed by atoms with Gasteiger partial charge in [-0.05, 0) is 37.0 Å². The number of halogens is 2. The molecule has 1 aliphatic rings. The van der Waals surface area contributed by atoms with Gasteiger partial charge < -0.3 is 10.0 Å². The van der Waals surface area contributed by atoms with Gasteiger partial charge in [-0.25, -0.2) is 8.78 Å². The van der Waals surface area contributed by atoms with Crippen LogP contribution in [-0.4, -0.2) is 35.1 Å². The minimum atomic E-state index is -0.890. The lowest BCUT2D eigenvalue weighted by atomic mass is 10.1. The molecule has 1 aromatic carbocycles. The Morgan fingerprint density at radius 1 is 1.37 bits per heavy atom. The predicted octanol–water partition coefficient (Wildman–Crippen LogP) is 1.88. The van der Waals surface area contributed by atoms with E-state index in [1.54, 1.807) is 4.90 Å². The van der Waals surface area contributed by atoms with Crippen molar-refractivity contribution >= 4 is 5.91 Å². The van der Waals surface area contributed by atoms with Gasteiger partial charge in [-0.1, -0.05) is 6.07 Å². The third-order valence-corrected chi connectivity index (χ3v) is 3.36. The van der Waals surface area contributed by atoms with Crippen LogP contribution in [-0.2, 0) is 11.2 Å². The molecule has 1 amide bonds. The fourth-order valence-corrected chi connectivity index (χ4v) is 2.29. The fourth-order valence-electron chi connectivity index (χ4n) is 2.29. The second-order valence-electron chi connectivity index (χ2n) is 4.88. The normalized spacial score (nSPS) is 19.5. The summed E-state index contributed by atoms with van der Waals surface area (Å²) < 4.78 is 25.8. The Labute approximate surface area is 110 Å².